The average molecular weight is 809 g/mol. The van der Waals surface area contributed by atoms with Crippen LogP contribution >= 0.6 is 0 Å². The van der Waals surface area contributed by atoms with Crippen LogP contribution in [0.1, 0.15) is 40.7 Å². The zero-order valence-corrected chi connectivity index (χ0v) is 34.0. The molecule has 0 amide bonds. The van der Waals surface area contributed by atoms with E-state index in [1.54, 1.807) is 0 Å². The van der Waals surface area contributed by atoms with Crippen molar-refractivity contribution in [1.82, 2.24) is 19.5 Å². The van der Waals surface area contributed by atoms with Crippen molar-refractivity contribution in [1.29, 1.82) is 0 Å². The number of hydrogen-bond acceptors (Lipinski definition) is 5. The monoisotopic (exact) mass is 808 g/mol. The molecule has 7 aromatic carbocycles. The van der Waals surface area contributed by atoms with Crippen molar-refractivity contribution in [2.24, 2.45) is 5.92 Å². The summed E-state index contributed by atoms with van der Waals surface area (Å²) in [5.74, 6) is 2.78. The molecule has 0 saturated heterocycles. The Hall–Kier alpha value is -8.09. The zero-order valence-electron chi connectivity index (χ0n) is 34.0. The Kier molecular flexibility index (Phi) is 7.25. The predicted molar refractivity (Wildman–Crippen MR) is 254 cm³/mol. The van der Waals surface area contributed by atoms with Crippen molar-refractivity contribution in [2.45, 2.75) is 18.8 Å². The van der Waals surface area contributed by atoms with Gasteiger partial charge in [-0.15, -0.1) is 0 Å². The van der Waals surface area contributed by atoms with E-state index in [9.17, 15) is 0 Å². The van der Waals surface area contributed by atoms with E-state index >= 15 is 0 Å². The minimum Gasteiger partial charge on any atom is -0.460 e. The van der Waals surface area contributed by atoms with Crippen LogP contribution in [0.3, 0.4) is 0 Å². The Morgan fingerprint density at radius 3 is 2.19 bits per heavy atom. The largest absolute Gasteiger partial charge is 0.460 e. The van der Waals surface area contributed by atoms with Gasteiger partial charge in [-0.3, -0.25) is 0 Å². The van der Waals surface area contributed by atoms with Gasteiger partial charge in [0.25, 0.3) is 0 Å². The van der Waals surface area contributed by atoms with Crippen molar-refractivity contribution < 1.29 is 8.83 Å². The van der Waals surface area contributed by atoms with Gasteiger partial charge >= 0.3 is 0 Å². The molecule has 0 N–H and O–H groups in total. The summed E-state index contributed by atoms with van der Waals surface area (Å²) in [6, 6.07) is 51.1. The van der Waals surface area contributed by atoms with E-state index in [0.29, 0.717) is 29.8 Å². The van der Waals surface area contributed by atoms with Crippen LogP contribution in [-0.2, 0) is 6.42 Å². The number of hydrogen-bond donors (Lipinski definition) is 0. The van der Waals surface area contributed by atoms with E-state index in [2.05, 4.69) is 168 Å². The Morgan fingerprint density at radius 2 is 1.30 bits per heavy atom. The molecule has 296 valence electrons. The zero-order chi connectivity index (χ0) is 41.2. The summed E-state index contributed by atoms with van der Waals surface area (Å²) < 4.78 is 16.0. The Labute approximate surface area is 361 Å². The van der Waals surface area contributed by atoms with Gasteiger partial charge in [-0.05, 0) is 82.4 Å². The quantitative estimate of drug-likeness (QED) is 0.177. The van der Waals surface area contributed by atoms with Gasteiger partial charge in [0.05, 0.1) is 17.1 Å². The number of para-hydroxylation sites is 2. The second-order valence-electron chi connectivity index (χ2n) is 17.0. The molecular weight excluding hydrogens is 773 g/mol. The van der Waals surface area contributed by atoms with Crippen LogP contribution in [0.25, 0.3) is 99.9 Å². The van der Waals surface area contributed by atoms with Gasteiger partial charge in [-0.25, -0.2) is 15.0 Å². The summed E-state index contributed by atoms with van der Waals surface area (Å²) in [4.78, 5) is 16.0. The molecule has 0 fully saturated rings. The predicted octanol–water partition coefficient (Wildman–Crippen LogP) is 14.2. The molecule has 0 bridgehead atoms. The number of nitrogens with zero attached hydrogens (tertiary/aromatic N) is 4. The first-order chi connectivity index (χ1) is 31.2. The third-order valence-corrected chi connectivity index (χ3v) is 13.5. The summed E-state index contributed by atoms with van der Waals surface area (Å²) in [6.45, 7) is 0. The summed E-state index contributed by atoms with van der Waals surface area (Å²) in [5.41, 5.74) is 11.7. The smallest absolute Gasteiger partial charge is 0.164 e. The highest BCUT2D eigenvalue weighted by molar-refractivity contribution is 6.07. The Bertz CT molecular complexity index is 3880. The fourth-order valence-electron chi connectivity index (χ4n) is 10.5. The van der Waals surface area contributed by atoms with Gasteiger partial charge in [0.2, 0.25) is 0 Å². The van der Waals surface area contributed by atoms with Crippen LogP contribution in [0.15, 0.2) is 190 Å². The van der Waals surface area contributed by atoms with Gasteiger partial charge in [0.15, 0.2) is 11.6 Å². The molecule has 2 unspecified atom stereocenters. The lowest BCUT2D eigenvalue weighted by Gasteiger charge is -2.27. The van der Waals surface area contributed by atoms with Crippen molar-refractivity contribution in [3.05, 3.63) is 210 Å². The minimum absolute atomic E-state index is 0.280. The summed E-state index contributed by atoms with van der Waals surface area (Å²) >= 11 is 0. The Morgan fingerprint density at radius 1 is 0.571 bits per heavy atom. The Balaban J connectivity index is 0.998. The number of aromatic nitrogens is 4. The molecule has 2 atom stereocenters. The molecule has 11 aromatic rings. The molecule has 4 heterocycles. The molecule has 0 aliphatic heterocycles. The molecule has 63 heavy (non-hydrogen) atoms. The first-order valence-electron chi connectivity index (χ1n) is 21.7. The van der Waals surface area contributed by atoms with Crippen molar-refractivity contribution >= 4 is 77.1 Å². The standard InChI is InChI=1S/C57H36N4O2/c1-3-15-36-30-48-45(28-34(36)13-1)46-29-35-14-2-4-16-37(35)31-49(46)61(48)47-27-26-44(54-53(47)43-20-8-10-23-51(43)63-54)57-59-55(38-24-25-41-40-19-7-9-22-50(40)62-52(41)32-38)58-56(60-57)42-21-11-17-33-12-5-6-18-39(33)42/h1-25,27-30,32,37,44H,26,31H2. The summed E-state index contributed by atoms with van der Waals surface area (Å²) in [5, 5.41) is 9.16. The molecule has 14 rings (SSSR count). The molecule has 0 spiro atoms. The van der Waals surface area contributed by atoms with Gasteiger partial charge in [-0.2, -0.15) is 0 Å². The normalized spacial score (nSPS) is 16.8. The van der Waals surface area contributed by atoms with E-state index in [1.165, 1.54) is 38.5 Å². The first kappa shape index (κ1) is 34.6. The maximum Gasteiger partial charge on any atom is 0.164 e. The van der Waals surface area contributed by atoms with Crippen molar-refractivity contribution in [3.63, 3.8) is 0 Å². The van der Waals surface area contributed by atoms with Crippen LogP contribution in [0.5, 0.6) is 0 Å². The number of fused-ring (bicyclic) bond motifs is 12. The minimum atomic E-state index is -0.280. The second-order valence-corrected chi connectivity index (χ2v) is 17.0. The lowest BCUT2D eigenvalue weighted by atomic mass is 9.83. The summed E-state index contributed by atoms with van der Waals surface area (Å²) in [7, 11) is 0. The molecule has 3 aliphatic rings. The second kappa shape index (κ2) is 13.2. The molecule has 0 saturated carbocycles. The van der Waals surface area contributed by atoms with E-state index in [-0.39, 0.29) is 5.92 Å². The topological polar surface area (TPSA) is 69.9 Å². The van der Waals surface area contributed by atoms with Gasteiger partial charge in [-0.1, -0.05) is 140 Å². The van der Waals surface area contributed by atoms with Crippen LogP contribution in [0, 0.1) is 5.92 Å². The number of benzene rings is 7. The highest BCUT2D eigenvalue weighted by atomic mass is 16.3. The van der Waals surface area contributed by atoms with Crippen LogP contribution < -0.4 is 0 Å². The molecular formula is C57H36N4O2. The molecule has 3 aliphatic carbocycles. The maximum absolute atomic E-state index is 7.05. The van der Waals surface area contributed by atoms with Crippen LogP contribution in [0.4, 0.5) is 0 Å². The summed E-state index contributed by atoms with van der Waals surface area (Å²) in [6.07, 6.45) is 15.3. The third kappa shape index (κ3) is 5.21. The molecule has 6 nitrogen and oxygen atoms in total. The average Bonchev–Trinajstić information content (AvgIpc) is 4.01. The molecule has 0 radical (unpaired) electrons. The highest BCUT2D eigenvalue weighted by Gasteiger charge is 2.36. The van der Waals surface area contributed by atoms with E-state index < -0.39 is 0 Å². The number of allylic oxidation sites excluding steroid dienone is 6. The third-order valence-electron chi connectivity index (χ3n) is 13.5. The number of furan rings is 2. The SMILES string of the molecule is C1=CC2=Cc3c(n(C4=CCC(c5nc(-c6ccc7c(c6)oc6ccccc67)nc(-c6cccc7ccccc67)n5)c5oc6ccccc6c54)c4cc5ccccc5cc34)CC2C=C1. The van der Waals surface area contributed by atoms with Gasteiger partial charge in [0.1, 0.15) is 28.3 Å². The van der Waals surface area contributed by atoms with Crippen LogP contribution in [-0.4, -0.2) is 19.5 Å². The van der Waals surface area contributed by atoms with Crippen molar-refractivity contribution in [3.8, 4) is 22.8 Å². The fraction of sp³-hybridized carbons (Fsp3) is 0.0702. The highest BCUT2D eigenvalue weighted by Crippen LogP contribution is 2.48. The maximum atomic E-state index is 7.05. The lowest BCUT2D eigenvalue weighted by molar-refractivity contribution is 0.503. The van der Waals surface area contributed by atoms with E-state index in [0.717, 1.165) is 78.2 Å². The van der Waals surface area contributed by atoms with Crippen molar-refractivity contribution in [2.75, 3.05) is 0 Å². The first-order valence-corrected chi connectivity index (χ1v) is 21.7. The van der Waals surface area contributed by atoms with E-state index in [1.807, 2.05) is 18.2 Å². The van der Waals surface area contributed by atoms with Gasteiger partial charge < -0.3 is 13.4 Å². The van der Waals surface area contributed by atoms with Crippen LogP contribution in [0.2, 0.25) is 0 Å². The number of rotatable bonds is 4. The van der Waals surface area contributed by atoms with Gasteiger partial charge in [0, 0.05) is 55.4 Å². The lowest BCUT2D eigenvalue weighted by Crippen LogP contribution is -2.18. The molecule has 6 heteroatoms. The molecule has 4 aromatic heterocycles. The fourth-order valence-corrected chi connectivity index (χ4v) is 10.5. The van der Waals surface area contributed by atoms with E-state index in [4.69, 9.17) is 23.8 Å².